The average Bonchev–Trinajstić information content (AvgIpc) is 3.22. The van der Waals surface area contributed by atoms with Crippen molar-refractivity contribution < 1.29 is 23.5 Å². The third-order valence-corrected chi connectivity index (χ3v) is 4.85. The molecule has 1 heterocycles. The molecule has 4 rings (SSSR count). The maximum absolute atomic E-state index is 13.4. The number of nitrogens with one attached hydrogen (secondary N) is 1. The Morgan fingerprint density at radius 3 is 2.32 bits per heavy atom. The van der Waals surface area contributed by atoms with Gasteiger partial charge in [-0.15, -0.1) is 0 Å². The summed E-state index contributed by atoms with van der Waals surface area (Å²) in [6, 6.07) is 18.5. The number of benzene rings is 3. The van der Waals surface area contributed by atoms with Crippen LogP contribution in [0.4, 0.5) is 15.8 Å². The van der Waals surface area contributed by atoms with Gasteiger partial charge in [-0.25, -0.2) is 4.39 Å². The second-order valence-corrected chi connectivity index (χ2v) is 7.20. The number of hydrogen-bond donors (Lipinski definition) is 1. The molecule has 0 spiro atoms. The van der Waals surface area contributed by atoms with Gasteiger partial charge in [-0.2, -0.15) is 0 Å². The van der Waals surface area contributed by atoms with Crippen molar-refractivity contribution >= 4 is 23.2 Å². The summed E-state index contributed by atoms with van der Waals surface area (Å²) in [6.07, 6.45) is 0.155. The fourth-order valence-corrected chi connectivity index (χ4v) is 3.35. The van der Waals surface area contributed by atoms with Gasteiger partial charge in [0.15, 0.2) is 11.5 Å². The Morgan fingerprint density at radius 2 is 1.61 bits per heavy atom. The zero-order chi connectivity index (χ0) is 21.8. The molecule has 1 N–H and O–H groups in total. The van der Waals surface area contributed by atoms with Gasteiger partial charge in [0.1, 0.15) is 5.82 Å². The number of carbonyl (C=O) groups excluding carboxylic acids is 2. The van der Waals surface area contributed by atoms with Crippen molar-refractivity contribution in [2.24, 2.45) is 0 Å². The summed E-state index contributed by atoms with van der Waals surface area (Å²) in [5.74, 6) is 0.639. The van der Waals surface area contributed by atoms with Crippen molar-refractivity contribution in [2.45, 2.75) is 19.9 Å². The lowest BCUT2D eigenvalue weighted by Gasteiger charge is -2.23. The fraction of sp³-hybridized carbons (Fsp3) is 0.167. The molecule has 0 radical (unpaired) electrons. The first kappa shape index (κ1) is 20.4. The molecule has 2 amide bonds. The molecule has 1 aliphatic heterocycles. The lowest BCUT2D eigenvalue weighted by molar-refractivity contribution is -0.118. The van der Waals surface area contributed by atoms with Crippen molar-refractivity contribution in [2.75, 3.05) is 17.0 Å². The predicted molar refractivity (Wildman–Crippen MR) is 115 cm³/mol. The Morgan fingerprint density at radius 1 is 0.935 bits per heavy atom. The summed E-state index contributed by atoms with van der Waals surface area (Å²) in [7, 11) is 0. The molecule has 0 saturated heterocycles. The number of ether oxygens (including phenoxy) is 2. The molecule has 3 aromatic rings. The minimum Gasteiger partial charge on any atom is -0.454 e. The summed E-state index contributed by atoms with van der Waals surface area (Å²) >= 11 is 0. The zero-order valence-electron chi connectivity index (χ0n) is 16.9. The Bertz CT molecular complexity index is 1100. The van der Waals surface area contributed by atoms with Crippen LogP contribution in [0.3, 0.4) is 0 Å². The van der Waals surface area contributed by atoms with Gasteiger partial charge in [0.2, 0.25) is 18.6 Å². The Balaban J connectivity index is 1.55. The van der Waals surface area contributed by atoms with E-state index in [0.29, 0.717) is 29.4 Å². The van der Waals surface area contributed by atoms with Crippen LogP contribution in [0.2, 0.25) is 0 Å². The van der Waals surface area contributed by atoms with Crippen LogP contribution in [0.5, 0.6) is 11.5 Å². The number of fused-ring (bicyclic) bond motifs is 1. The van der Waals surface area contributed by atoms with Crippen LogP contribution < -0.4 is 19.7 Å². The number of halogens is 1. The number of carbonyl (C=O) groups is 2. The molecule has 0 aliphatic carbocycles. The van der Waals surface area contributed by atoms with Gasteiger partial charge >= 0.3 is 0 Å². The van der Waals surface area contributed by atoms with E-state index < -0.39 is 0 Å². The van der Waals surface area contributed by atoms with E-state index in [4.69, 9.17) is 9.47 Å². The van der Waals surface area contributed by atoms with Crippen LogP contribution in [0.25, 0.3) is 0 Å². The highest BCUT2D eigenvalue weighted by molar-refractivity contribution is 5.95. The molecule has 6 nitrogen and oxygen atoms in total. The Kier molecular flexibility index (Phi) is 5.84. The van der Waals surface area contributed by atoms with Crippen molar-refractivity contribution in [3.63, 3.8) is 0 Å². The summed E-state index contributed by atoms with van der Waals surface area (Å²) < 4.78 is 24.2. The normalized spacial score (nSPS) is 11.8. The lowest BCUT2D eigenvalue weighted by Crippen LogP contribution is -2.31. The quantitative estimate of drug-likeness (QED) is 0.646. The molecule has 0 unspecified atom stereocenters. The van der Waals surface area contributed by atoms with Crippen molar-refractivity contribution in [3.05, 3.63) is 83.7 Å². The number of anilines is 2. The standard InChI is InChI=1S/C24H21FN2O4/c1-16(28)26-20-7-2-17(3-8-20)13-24(29)27(21-9-5-19(25)6-10-21)14-18-4-11-22-23(12-18)31-15-30-22/h2-12H,13-15H2,1H3,(H,26,28). The maximum atomic E-state index is 13.4. The number of amides is 2. The largest absolute Gasteiger partial charge is 0.454 e. The van der Waals surface area contributed by atoms with E-state index in [2.05, 4.69) is 5.32 Å². The van der Waals surface area contributed by atoms with Gasteiger partial charge in [0.25, 0.3) is 0 Å². The Labute approximate surface area is 179 Å². The van der Waals surface area contributed by atoms with E-state index in [1.54, 1.807) is 41.3 Å². The highest BCUT2D eigenvalue weighted by Crippen LogP contribution is 2.33. The Hall–Kier alpha value is -3.87. The first-order valence-corrected chi connectivity index (χ1v) is 9.79. The first-order valence-electron chi connectivity index (χ1n) is 9.79. The molecule has 0 bridgehead atoms. The van der Waals surface area contributed by atoms with Gasteiger partial charge in [-0.3, -0.25) is 9.59 Å². The minimum absolute atomic E-state index is 0.142. The van der Waals surface area contributed by atoms with Crippen LogP contribution in [0.1, 0.15) is 18.1 Å². The summed E-state index contributed by atoms with van der Waals surface area (Å²) in [5.41, 5.74) is 2.93. The molecular formula is C24H21FN2O4. The second-order valence-electron chi connectivity index (χ2n) is 7.20. The number of nitrogens with zero attached hydrogens (tertiary/aromatic N) is 1. The summed E-state index contributed by atoms with van der Waals surface area (Å²) in [4.78, 5) is 26.0. The van der Waals surface area contributed by atoms with Gasteiger partial charge < -0.3 is 19.7 Å². The number of rotatable bonds is 6. The van der Waals surface area contributed by atoms with Gasteiger partial charge in [-0.1, -0.05) is 18.2 Å². The monoisotopic (exact) mass is 420 g/mol. The topological polar surface area (TPSA) is 67.9 Å². The number of hydrogen-bond acceptors (Lipinski definition) is 4. The predicted octanol–water partition coefficient (Wildman–Crippen LogP) is 4.29. The molecule has 158 valence electrons. The molecule has 0 aromatic heterocycles. The highest BCUT2D eigenvalue weighted by Gasteiger charge is 2.19. The van der Waals surface area contributed by atoms with Crippen LogP contribution in [0.15, 0.2) is 66.7 Å². The lowest BCUT2D eigenvalue weighted by atomic mass is 10.1. The molecule has 1 aliphatic rings. The van der Waals surface area contributed by atoms with E-state index >= 15 is 0 Å². The summed E-state index contributed by atoms with van der Waals surface area (Å²) in [5, 5.41) is 2.70. The maximum Gasteiger partial charge on any atom is 0.231 e. The van der Waals surface area contributed by atoms with Crippen molar-refractivity contribution in [1.82, 2.24) is 0 Å². The molecular weight excluding hydrogens is 399 g/mol. The van der Waals surface area contributed by atoms with Gasteiger partial charge in [0, 0.05) is 18.3 Å². The fourth-order valence-electron chi connectivity index (χ4n) is 3.35. The van der Waals surface area contributed by atoms with E-state index in [9.17, 15) is 14.0 Å². The van der Waals surface area contributed by atoms with Gasteiger partial charge in [-0.05, 0) is 59.7 Å². The molecule has 0 fully saturated rings. The highest BCUT2D eigenvalue weighted by atomic mass is 19.1. The van der Waals surface area contributed by atoms with E-state index in [-0.39, 0.29) is 30.8 Å². The van der Waals surface area contributed by atoms with Crippen molar-refractivity contribution in [3.8, 4) is 11.5 Å². The second kappa shape index (κ2) is 8.87. The van der Waals surface area contributed by atoms with Crippen LogP contribution in [-0.4, -0.2) is 18.6 Å². The molecule has 31 heavy (non-hydrogen) atoms. The van der Waals surface area contributed by atoms with Gasteiger partial charge in [0.05, 0.1) is 13.0 Å². The van der Waals surface area contributed by atoms with Crippen LogP contribution >= 0.6 is 0 Å². The van der Waals surface area contributed by atoms with Crippen LogP contribution in [-0.2, 0) is 22.6 Å². The molecule has 0 saturated carbocycles. The SMILES string of the molecule is CC(=O)Nc1ccc(CC(=O)N(Cc2ccc3c(c2)OCO3)c2ccc(F)cc2)cc1. The zero-order valence-corrected chi connectivity index (χ0v) is 16.9. The van der Waals surface area contributed by atoms with E-state index in [1.165, 1.54) is 19.1 Å². The first-order chi connectivity index (χ1) is 15.0. The van der Waals surface area contributed by atoms with E-state index in [0.717, 1.165) is 11.1 Å². The minimum atomic E-state index is -0.368. The molecule has 3 aromatic carbocycles. The van der Waals surface area contributed by atoms with Crippen LogP contribution in [0, 0.1) is 5.82 Å². The summed E-state index contributed by atoms with van der Waals surface area (Å²) in [6.45, 7) is 1.91. The smallest absolute Gasteiger partial charge is 0.231 e. The average molecular weight is 420 g/mol. The van der Waals surface area contributed by atoms with Crippen molar-refractivity contribution in [1.29, 1.82) is 0 Å². The third-order valence-electron chi connectivity index (χ3n) is 4.85. The molecule has 0 atom stereocenters. The molecule has 7 heteroatoms. The third kappa shape index (κ3) is 5.01. The van der Waals surface area contributed by atoms with E-state index in [1.807, 2.05) is 18.2 Å².